The smallest absolute Gasteiger partial charge is 0.422 e. The summed E-state index contributed by atoms with van der Waals surface area (Å²) in [6, 6.07) is 2.94. The monoisotopic (exact) mass is 287 g/mol. The second kappa shape index (κ2) is 5.55. The number of aromatic nitrogens is 4. The summed E-state index contributed by atoms with van der Waals surface area (Å²) < 4.78 is 41.0. The lowest BCUT2D eigenvalue weighted by Crippen LogP contribution is -2.24. The molecule has 0 spiro atoms. The van der Waals surface area contributed by atoms with E-state index in [-0.39, 0.29) is 11.5 Å². The summed E-state index contributed by atoms with van der Waals surface area (Å²) in [5.74, 6) is 0.203. The van der Waals surface area contributed by atoms with E-state index in [1.165, 1.54) is 35.7 Å². The van der Waals surface area contributed by atoms with E-state index in [1.807, 2.05) is 0 Å². The van der Waals surface area contributed by atoms with Gasteiger partial charge in [-0.15, -0.1) is 0 Å². The molecule has 0 aromatic carbocycles. The van der Waals surface area contributed by atoms with Crippen LogP contribution in [0.2, 0.25) is 0 Å². The first-order chi connectivity index (χ1) is 9.46. The number of pyridine rings is 1. The van der Waals surface area contributed by atoms with Gasteiger partial charge < -0.3 is 4.74 Å². The summed E-state index contributed by atoms with van der Waals surface area (Å²) in [5.41, 5.74) is 0.144. The van der Waals surface area contributed by atoms with Gasteiger partial charge in [-0.3, -0.25) is 5.32 Å². The van der Waals surface area contributed by atoms with Gasteiger partial charge >= 0.3 is 12.3 Å². The Labute approximate surface area is 110 Å². The topological polar surface area (TPSA) is 81.9 Å². The van der Waals surface area contributed by atoms with Crippen LogP contribution in [0.3, 0.4) is 0 Å². The van der Waals surface area contributed by atoms with E-state index in [9.17, 15) is 18.0 Å². The van der Waals surface area contributed by atoms with Crippen molar-refractivity contribution >= 4 is 11.8 Å². The Bertz CT molecular complexity index is 585. The van der Waals surface area contributed by atoms with Crippen molar-refractivity contribution in [3.63, 3.8) is 0 Å². The van der Waals surface area contributed by atoms with Crippen LogP contribution < -0.4 is 5.32 Å². The van der Waals surface area contributed by atoms with Crippen molar-refractivity contribution in [3.8, 4) is 5.82 Å². The van der Waals surface area contributed by atoms with E-state index in [0.29, 0.717) is 0 Å². The highest BCUT2D eigenvalue weighted by Gasteiger charge is 2.29. The van der Waals surface area contributed by atoms with Gasteiger partial charge in [0.15, 0.2) is 12.4 Å². The molecule has 20 heavy (non-hydrogen) atoms. The van der Waals surface area contributed by atoms with Crippen molar-refractivity contribution in [2.75, 3.05) is 11.9 Å². The van der Waals surface area contributed by atoms with E-state index >= 15 is 0 Å². The Hall–Kier alpha value is -2.65. The van der Waals surface area contributed by atoms with Crippen LogP contribution in [0, 0.1) is 0 Å². The third kappa shape index (κ3) is 3.67. The Kier molecular flexibility index (Phi) is 3.82. The first-order valence-corrected chi connectivity index (χ1v) is 5.26. The van der Waals surface area contributed by atoms with Crippen molar-refractivity contribution in [1.82, 2.24) is 19.7 Å². The third-order valence-electron chi connectivity index (χ3n) is 2.03. The van der Waals surface area contributed by atoms with Crippen molar-refractivity contribution < 1.29 is 22.7 Å². The Morgan fingerprint density at radius 2 is 2.25 bits per heavy atom. The second-order valence-electron chi connectivity index (χ2n) is 3.53. The number of nitrogens with zero attached hydrogens (tertiary/aromatic N) is 4. The van der Waals surface area contributed by atoms with Crippen molar-refractivity contribution in [2.45, 2.75) is 6.18 Å². The molecular formula is C10H8F3N5O2. The quantitative estimate of drug-likeness (QED) is 0.930. The molecule has 0 atom stereocenters. The van der Waals surface area contributed by atoms with Crippen LogP contribution in [-0.4, -0.2) is 38.6 Å². The summed E-state index contributed by atoms with van der Waals surface area (Å²) in [4.78, 5) is 18.9. The second-order valence-corrected chi connectivity index (χ2v) is 3.53. The van der Waals surface area contributed by atoms with Crippen molar-refractivity contribution in [3.05, 3.63) is 31.0 Å². The summed E-state index contributed by atoms with van der Waals surface area (Å²) in [6.07, 6.45) is -1.81. The molecule has 0 aliphatic rings. The lowest BCUT2D eigenvalue weighted by atomic mass is 10.4. The van der Waals surface area contributed by atoms with Gasteiger partial charge in [0.1, 0.15) is 12.7 Å². The maximum atomic E-state index is 11.9. The van der Waals surface area contributed by atoms with Gasteiger partial charge in [0.05, 0.1) is 5.69 Å². The van der Waals surface area contributed by atoms with Crippen LogP contribution in [0.1, 0.15) is 0 Å². The number of nitrogens with one attached hydrogen (secondary N) is 1. The average Bonchev–Trinajstić information content (AvgIpc) is 2.90. The number of halogens is 3. The molecule has 2 heterocycles. The lowest BCUT2D eigenvalue weighted by molar-refractivity contribution is -0.159. The first-order valence-electron chi connectivity index (χ1n) is 5.26. The summed E-state index contributed by atoms with van der Waals surface area (Å²) in [5, 5.41) is 5.97. The van der Waals surface area contributed by atoms with Gasteiger partial charge in [0, 0.05) is 6.20 Å². The maximum Gasteiger partial charge on any atom is 0.422 e. The SMILES string of the molecule is O=C(Nc1cccnc1-n1cncn1)OCC(F)(F)F. The summed E-state index contributed by atoms with van der Waals surface area (Å²) in [7, 11) is 0. The van der Waals surface area contributed by atoms with Gasteiger partial charge in [-0.25, -0.2) is 19.4 Å². The minimum atomic E-state index is -4.58. The fourth-order valence-corrected chi connectivity index (χ4v) is 1.29. The van der Waals surface area contributed by atoms with Crippen LogP contribution in [0.5, 0.6) is 0 Å². The molecule has 2 aromatic rings. The predicted octanol–water partition coefficient (Wildman–Crippen LogP) is 1.77. The van der Waals surface area contributed by atoms with Crippen LogP contribution in [0.4, 0.5) is 23.7 Å². The minimum absolute atomic E-state index is 0.144. The van der Waals surface area contributed by atoms with Crippen LogP contribution in [0.25, 0.3) is 5.82 Å². The number of carbonyl (C=O) groups is 1. The van der Waals surface area contributed by atoms with Gasteiger partial charge in [-0.05, 0) is 12.1 Å². The third-order valence-corrected chi connectivity index (χ3v) is 2.03. The molecular weight excluding hydrogens is 279 g/mol. The lowest BCUT2D eigenvalue weighted by Gasteiger charge is -2.11. The number of anilines is 1. The molecule has 0 bridgehead atoms. The number of rotatable bonds is 3. The number of carbonyl (C=O) groups excluding carboxylic acids is 1. The number of amides is 1. The zero-order chi connectivity index (χ0) is 14.6. The highest BCUT2D eigenvalue weighted by molar-refractivity contribution is 5.86. The molecule has 2 aromatic heterocycles. The Morgan fingerprint density at radius 3 is 2.90 bits per heavy atom. The van der Waals surface area contributed by atoms with Crippen molar-refractivity contribution in [1.29, 1.82) is 0 Å². The fraction of sp³-hybridized carbons (Fsp3) is 0.200. The highest BCUT2D eigenvalue weighted by Crippen LogP contribution is 2.17. The van der Waals surface area contributed by atoms with E-state index in [0.717, 1.165) is 0 Å². The minimum Gasteiger partial charge on any atom is -0.440 e. The molecule has 0 fully saturated rings. The Morgan fingerprint density at radius 1 is 1.45 bits per heavy atom. The molecule has 1 N–H and O–H groups in total. The molecule has 10 heteroatoms. The molecule has 0 saturated carbocycles. The van der Waals surface area contributed by atoms with Gasteiger partial charge in [-0.2, -0.15) is 18.3 Å². The van der Waals surface area contributed by atoms with Crippen molar-refractivity contribution in [2.24, 2.45) is 0 Å². The maximum absolute atomic E-state index is 11.9. The van der Waals surface area contributed by atoms with E-state index in [1.54, 1.807) is 0 Å². The normalized spacial score (nSPS) is 11.2. The number of ether oxygens (including phenoxy) is 1. The Balaban J connectivity index is 2.08. The van der Waals surface area contributed by atoms with Gasteiger partial charge in [0.25, 0.3) is 0 Å². The molecule has 0 aliphatic carbocycles. The fourth-order valence-electron chi connectivity index (χ4n) is 1.29. The molecule has 0 aliphatic heterocycles. The predicted molar refractivity (Wildman–Crippen MR) is 60.2 cm³/mol. The highest BCUT2D eigenvalue weighted by atomic mass is 19.4. The molecule has 0 unspecified atom stereocenters. The first kappa shape index (κ1) is 13.8. The standard InChI is InChI=1S/C10H8F3N5O2/c11-10(12,13)4-20-9(19)17-7-2-1-3-15-8(7)18-6-14-5-16-18/h1-3,5-6H,4H2,(H,17,19). The zero-order valence-corrected chi connectivity index (χ0v) is 9.83. The molecule has 106 valence electrons. The van der Waals surface area contributed by atoms with E-state index in [2.05, 4.69) is 25.1 Å². The zero-order valence-electron chi connectivity index (χ0n) is 9.83. The molecule has 1 amide bonds. The van der Waals surface area contributed by atoms with Crippen LogP contribution in [0.15, 0.2) is 31.0 Å². The number of hydrogen-bond donors (Lipinski definition) is 1. The molecule has 7 nitrogen and oxygen atoms in total. The van der Waals surface area contributed by atoms with Gasteiger partial charge in [0.2, 0.25) is 0 Å². The summed E-state index contributed by atoms with van der Waals surface area (Å²) in [6.45, 7) is -1.67. The van der Waals surface area contributed by atoms with Crippen LogP contribution >= 0.6 is 0 Å². The average molecular weight is 287 g/mol. The van der Waals surface area contributed by atoms with Gasteiger partial charge in [-0.1, -0.05) is 0 Å². The number of alkyl halides is 3. The summed E-state index contributed by atoms with van der Waals surface area (Å²) >= 11 is 0. The molecule has 0 saturated heterocycles. The number of hydrogen-bond acceptors (Lipinski definition) is 5. The van der Waals surface area contributed by atoms with E-state index in [4.69, 9.17) is 0 Å². The van der Waals surface area contributed by atoms with E-state index < -0.39 is 18.9 Å². The van der Waals surface area contributed by atoms with Crippen LogP contribution in [-0.2, 0) is 4.74 Å². The largest absolute Gasteiger partial charge is 0.440 e. The molecule has 2 rings (SSSR count). The molecule has 0 radical (unpaired) electrons.